The van der Waals surface area contributed by atoms with Gasteiger partial charge in [0.25, 0.3) is 0 Å². The van der Waals surface area contributed by atoms with Gasteiger partial charge in [-0.1, -0.05) is 19.9 Å². The first-order valence-corrected chi connectivity index (χ1v) is 23.3. The molecule has 8 rings (SSSR count). The van der Waals surface area contributed by atoms with Crippen LogP contribution in [0.2, 0.25) is 0 Å². The lowest BCUT2D eigenvalue weighted by Crippen LogP contribution is -2.68. The van der Waals surface area contributed by atoms with Gasteiger partial charge < -0.3 is 109 Å². The molecule has 8 aliphatic rings. The van der Waals surface area contributed by atoms with Crippen LogP contribution < -0.4 is 0 Å². The second kappa shape index (κ2) is 19.1. The minimum absolute atomic E-state index is 0.0160. The molecule has 4 saturated heterocycles. The average molecular weight is 967 g/mol. The van der Waals surface area contributed by atoms with Gasteiger partial charge >= 0.3 is 5.97 Å². The largest absolute Gasteiger partial charge is 0.432 e. The molecule has 0 radical (unpaired) electrons. The molecule has 4 heterocycles. The molecule has 25 atom stereocenters. The molecule has 0 aromatic rings. The Hall–Kier alpha value is -1.63. The quantitative estimate of drug-likeness (QED) is 0.0466. The normalized spacial score (nSPS) is 54.4. The van der Waals surface area contributed by atoms with Crippen LogP contribution in [0.25, 0.3) is 0 Å². The Morgan fingerprint density at radius 2 is 1.19 bits per heavy atom. The van der Waals surface area contributed by atoms with Crippen LogP contribution in [0.1, 0.15) is 71.6 Å². The van der Waals surface area contributed by atoms with E-state index in [-0.39, 0.29) is 11.8 Å². The molecule has 384 valence electrons. The van der Waals surface area contributed by atoms with Gasteiger partial charge in [0, 0.05) is 0 Å². The maximum atomic E-state index is 14.3. The van der Waals surface area contributed by atoms with E-state index in [9.17, 15) is 76.3 Å². The van der Waals surface area contributed by atoms with Crippen molar-refractivity contribution in [3.8, 4) is 0 Å². The first-order valence-electron chi connectivity index (χ1n) is 23.3. The van der Waals surface area contributed by atoms with Gasteiger partial charge in [0.2, 0.25) is 12.1 Å². The first-order chi connectivity index (χ1) is 31.6. The third-order valence-electron chi connectivity index (χ3n) is 17.2. The van der Waals surface area contributed by atoms with E-state index in [0.29, 0.717) is 56.9 Å². The summed E-state index contributed by atoms with van der Waals surface area (Å²) in [6.07, 6.45) is -25.9. The predicted octanol–water partition coefficient (Wildman–Crippen LogP) is -5.11. The van der Waals surface area contributed by atoms with Gasteiger partial charge in [0.05, 0.1) is 37.4 Å². The molecule has 0 amide bonds. The fraction of sp³-hybridized carbons (Fsp3) is 0.932. The molecule has 23 nitrogen and oxygen atoms in total. The lowest BCUT2D eigenvalue weighted by molar-refractivity contribution is -0.404. The number of aliphatic hydroxyl groups is 14. The summed E-state index contributed by atoms with van der Waals surface area (Å²) in [5.74, 6) is -3.34. The van der Waals surface area contributed by atoms with Crippen molar-refractivity contribution in [1.82, 2.24) is 0 Å². The van der Waals surface area contributed by atoms with Crippen molar-refractivity contribution < 1.29 is 114 Å². The Morgan fingerprint density at radius 1 is 0.627 bits per heavy atom. The standard InChI is InChI=1S/C44H70O23/c1-18-11-42-9-5-23-40(2,7-4-8-41(23,3)39(59)64-37-32(57)30(55)26(51)20(13-46)61-37)24(42)6-10-43(18,16-42)67-38-34(63-36-31(56)29(54)25(50)19(12-45)60-36)33(27(52)21(14-47)62-38)66-44(17-49)35(58)28(53)22(15-48)65-44/h19-38,45-58H,1,4-17H2,2-3H3/t19-,20-,21-,22-,23-,24-,25-,26-,27-,28-,29+,30+,31-,32-,33+,34-,35+,36+,37+,38+,40+,41-,42+,43-,44+/m1/s1. The van der Waals surface area contributed by atoms with Crippen molar-refractivity contribution in [3.63, 3.8) is 0 Å². The molecule has 4 saturated carbocycles. The summed E-state index contributed by atoms with van der Waals surface area (Å²) < 4.78 is 48.3. The molecule has 2 bridgehead atoms. The summed E-state index contributed by atoms with van der Waals surface area (Å²) >= 11 is 0. The SMILES string of the molecule is C=C1C[C@]23CC[C@@H]4[C@](C)(CCC[C@@]4(C)C(=O)O[C@@H]4O[C@H](CO)[C@@H](O)[C@H](O)[C@H]4O)[C@H]2CC[C@@]1(O[C@@H]1O[C@H](CO)[C@@H](O)[C@H](O[C@]2(CO)O[C@H](CO)[C@@H](O)[C@@H]2O)[C@H]1O[C@@H]1O[C@H](CO)[C@@H](O)[C@H](O)[C@H]1O)C3. The fourth-order valence-electron chi connectivity index (χ4n) is 13.6. The van der Waals surface area contributed by atoms with Crippen LogP contribution in [0.15, 0.2) is 12.2 Å². The van der Waals surface area contributed by atoms with E-state index in [2.05, 4.69) is 13.5 Å². The number of carbonyl (C=O) groups excluding carboxylic acids is 1. The highest BCUT2D eigenvalue weighted by Gasteiger charge is 2.70. The highest BCUT2D eigenvalue weighted by Crippen LogP contribution is 2.74. The van der Waals surface area contributed by atoms with Crippen molar-refractivity contribution >= 4 is 5.97 Å². The third-order valence-corrected chi connectivity index (χ3v) is 17.2. The van der Waals surface area contributed by atoms with Crippen molar-refractivity contribution in [1.29, 1.82) is 0 Å². The molecule has 14 N–H and O–H groups in total. The van der Waals surface area contributed by atoms with E-state index in [0.717, 1.165) is 6.42 Å². The number of aliphatic hydroxyl groups excluding tert-OH is 14. The molecule has 0 unspecified atom stereocenters. The first kappa shape index (κ1) is 51.7. The van der Waals surface area contributed by atoms with E-state index in [1.54, 1.807) is 0 Å². The molecule has 67 heavy (non-hydrogen) atoms. The molecule has 0 aromatic heterocycles. The minimum Gasteiger partial charge on any atom is -0.432 e. The average Bonchev–Trinajstić information content (AvgIpc) is 3.67. The van der Waals surface area contributed by atoms with Crippen LogP contribution in [-0.2, 0) is 42.7 Å². The summed E-state index contributed by atoms with van der Waals surface area (Å²) in [5, 5.41) is 148. The maximum Gasteiger partial charge on any atom is 0.314 e. The summed E-state index contributed by atoms with van der Waals surface area (Å²) in [7, 11) is 0. The molecule has 1 spiro atoms. The van der Waals surface area contributed by atoms with Crippen LogP contribution in [0, 0.1) is 28.1 Å². The Morgan fingerprint density at radius 3 is 1.79 bits per heavy atom. The lowest BCUT2D eigenvalue weighted by atomic mass is 9.41. The van der Waals surface area contributed by atoms with Gasteiger partial charge in [0.1, 0.15) is 98.2 Å². The Kier molecular flexibility index (Phi) is 14.7. The number of carbonyl (C=O) groups is 1. The third kappa shape index (κ3) is 8.33. The molecule has 4 aliphatic carbocycles. The summed E-state index contributed by atoms with van der Waals surface area (Å²) in [4.78, 5) is 14.3. The van der Waals surface area contributed by atoms with Crippen LogP contribution in [0.3, 0.4) is 0 Å². The van der Waals surface area contributed by atoms with E-state index in [1.165, 1.54) is 0 Å². The molecule has 4 aliphatic heterocycles. The monoisotopic (exact) mass is 966 g/mol. The Labute approximate surface area is 386 Å². The van der Waals surface area contributed by atoms with Crippen LogP contribution in [0.5, 0.6) is 0 Å². The van der Waals surface area contributed by atoms with Gasteiger partial charge in [-0.25, -0.2) is 0 Å². The number of hydrogen-bond acceptors (Lipinski definition) is 23. The van der Waals surface area contributed by atoms with Crippen molar-refractivity contribution in [3.05, 3.63) is 12.2 Å². The molecule has 0 aromatic carbocycles. The predicted molar refractivity (Wildman–Crippen MR) is 219 cm³/mol. The topological polar surface area (TPSA) is 374 Å². The summed E-state index contributed by atoms with van der Waals surface area (Å²) in [6.45, 7) is 4.23. The van der Waals surface area contributed by atoms with Crippen molar-refractivity contribution in [2.45, 2.75) is 193 Å². The zero-order valence-electron chi connectivity index (χ0n) is 37.6. The number of rotatable bonds is 13. The number of fused-ring (bicyclic) bond motifs is 3. The van der Waals surface area contributed by atoms with Gasteiger partial charge in [-0.05, 0) is 86.5 Å². The van der Waals surface area contributed by atoms with Gasteiger partial charge in [0.15, 0.2) is 12.6 Å². The van der Waals surface area contributed by atoms with Crippen LogP contribution in [0.4, 0.5) is 0 Å². The number of ether oxygens (including phenoxy) is 8. The smallest absolute Gasteiger partial charge is 0.314 e. The molecule has 8 fully saturated rings. The second-order valence-electron chi connectivity index (χ2n) is 20.8. The highest BCUT2D eigenvalue weighted by atomic mass is 16.8. The van der Waals surface area contributed by atoms with E-state index in [4.69, 9.17) is 37.9 Å². The van der Waals surface area contributed by atoms with E-state index < -0.39 is 177 Å². The second-order valence-corrected chi connectivity index (χ2v) is 20.8. The van der Waals surface area contributed by atoms with Crippen LogP contribution >= 0.6 is 0 Å². The van der Waals surface area contributed by atoms with Gasteiger partial charge in [-0.3, -0.25) is 4.79 Å². The molecular weight excluding hydrogens is 896 g/mol. The highest BCUT2D eigenvalue weighted by molar-refractivity contribution is 5.77. The number of esters is 1. The Balaban J connectivity index is 1.08. The maximum absolute atomic E-state index is 14.3. The van der Waals surface area contributed by atoms with Gasteiger partial charge in [-0.15, -0.1) is 0 Å². The molecular formula is C44H70O23. The zero-order valence-corrected chi connectivity index (χ0v) is 37.6. The summed E-state index contributed by atoms with van der Waals surface area (Å²) in [6, 6.07) is 0. The van der Waals surface area contributed by atoms with Crippen molar-refractivity contribution in [2.24, 2.45) is 28.1 Å². The summed E-state index contributed by atoms with van der Waals surface area (Å²) in [5.41, 5.74) is -2.39. The zero-order chi connectivity index (χ0) is 48.8. The fourth-order valence-corrected chi connectivity index (χ4v) is 13.6. The lowest BCUT2D eigenvalue weighted by Gasteiger charge is -2.64. The van der Waals surface area contributed by atoms with E-state index in [1.807, 2.05) is 6.92 Å². The van der Waals surface area contributed by atoms with E-state index >= 15 is 0 Å². The minimum atomic E-state index is -2.52. The Bertz CT molecular complexity index is 1770. The van der Waals surface area contributed by atoms with Crippen LogP contribution in [-0.4, -0.2) is 232 Å². The van der Waals surface area contributed by atoms with Gasteiger partial charge in [-0.2, -0.15) is 0 Å². The number of hydrogen-bond donors (Lipinski definition) is 14. The van der Waals surface area contributed by atoms with Crippen molar-refractivity contribution in [2.75, 3.05) is 33.0 Å². The molecule has 23 heteroatoms.